The van der Waals surface area contributed by atoms with E-state index in [-0.39, 0.29) is 12.2 Å². The molecule has 2 aliphatic rings. The summed E-state index contributed by atoms with van der Waals surface area (Å²) in [6, 6.07) is 0. The molecule has 0 saturated carbocycles. The molecule has 0 amide bonds. The molecule has 6 heteroatoms. The Hall–Kier alpha value is 0.0700. The fourth-order valence-corrected chi connectivity index (χ4v) is 2.48. The maximum absolute atomic E-state index is 11.4. The molecule has 14 heavy (non-hydrogen) atoms. The van der Waals surface area contributed by atoms with Crippen molar-refractivity contribution in [2.75, 3.05) is 26.4 Å². The zero-order valence-corrected chi connectivity index (χ0v) is 8.94. The van der Waals surface area contributed by atoms with Gasteiger partial charge in [0.2, 0.25) is 0 Å². The van der Waals surface area contributed by atoms with Crippen LogP contribution in [0.4, 0.5) is 0 Å². The fourth-order valence-electron chi connectivity index (χ4n) is 1.51. The third-order valence-electron chi connectivity index (χ3n) is 2.30. The van der Waals surface area contributed by atoms with Crippen molar-refractivity contribution in [3.63, 3.8) is 0 Å². The maximum Gasteiger partial charge on any atom is 0.319 e. The van der Waals surface area contributed by atoms with Crippen molar-refractivity contribution in [2.45, 2.75) is 25.0 Å². The summed E-state index contributed by atoms with van der Waals surface area (Å²) in [7, 11) is -2.37. The van der Waals surface area contributed by atoms with Crippen LogP contribution in [0, 0.1) is 0 Å². The molecule has 0 aromatic rings. The van der Waals surface area contributed by atoms with Gasteiger partial charge in [0.25, 0.3) is 0 Å². The minimum absolute atomic E-state index is 0.0521. The lowest BCUT2D eigenvalue weighted by Gasteiger charge is -2.12. The van der Waals surface area contributed by atoms with Crippen molar-refractivity contribution in [1.82, 2.24) is 0 Å². The smallest absolute Gasteiger partial charge is 0.319 e. The van der Waals surface area contributed by atoms with Crippen LogP contribution in [0.1, 0.15) is 12.8 Å². The molecule has 0 aromatic carbocycles. The first-order valence-electron chi connectivity index (χ1n) is 4.87. The highest BCUT2D eigenvalue weighted by molar-refractivity contribution is 7.33. The van der Waals surface area contributed by atoms with E-state index in [1.165, 1.54) is 0 Å². The first-order valence-corrected chi connectivity index (χ1v) is 6.10. The third kappa shape index (κ3) is 3.04. The molecule has 82 valence electrons. The molecule has 2 unspecified atom stereocenters. The molecular formula is C8H15O5P. The van der Waals surface area contributed by atoms with Crippen LogP contribution in [0.5, 0.6) is 0 Å². The first kappa shape index (κ1) is 10.6. The Labute approximate surface area is 83.6 Å². The number of hydrogen-bond acceptors (Lipinski definition) is 5. The molecule has 0 radical (unpaired) electrons. The quantitative estimate of drug-likeness (QED) is 0.664. The van der Waals surface area contributed by atoms with Gasteiger partial charge in [-0.1, -0.05) is 0 Å². The summed E-state index contributed by atoms with van der Waals surface area (Å²) in [6.45, 7) is 2.43. The van der Waals surface area contributed by atoms with Crippen LogP contribution in [-0.2, 0) is 23.1 Å². The van der Waals surface area contributed by atoms with Gasteiger partial charge in [-0.15, -0.1) is 0 Å². The van der Waals surface area contributed by atoms with Gasteiger partial charge >= 0.3 is 8.25 Å². The van der Waals surface area contributed by atoms with E-state index in [0.717, 1.165) is 12.8 Å². The summed E-state index contributed by atoms with van der Waals surface area (Å²) < 4.78 is 32.0. The van der Waals surface area contributed by atoms with Crippen molar-refractivity contribution < 1.29 is 23.1 Å². The van der Waals surface area contributed by atoms with Crippen molar-refractivity contribution in [3.8, 4) is 0 Å². The van der Waals surface area contributed by atoms with Crippen LogP contribution < -0.4 is 0 Å². The lowest BCUT2D eigenvalue weighted by molar-refractivity contribution is 0.100. The zero-order chi connectivity index (χ0) is 9.80. The van der Waals surface area contributed by atoms with Gasteiger partial charge in [-0.05, 0) is 12.8 Å². The first-order chi connectivity index (χ1) is 6.84. The Balaban J connectivity index is 1.66. The van der Waals surface area contributed by atoms with E-state index < -0.39 is 8.25 Å². The van der Waals surface area contributed by atoms with Gasteiger partial charge in [0, 0.05) is 13.2 Å². The average Bonchev–Trinajstić information content (AvgIpc) is 2.76. The van der Waals surface area contributed by atoms with Crippen LogP contribution in [0.25, 0.3) is 0 Å². The van der Waals surface area contributed by atoms with E-state index >= 15 is 0 Å². The Kier molecular flexibility index (Phi) is 3.96. The fraction of sp³-hybridized carbons (Fsp3) is 1.00. The Bertz CT molecular complexity index is 178. The monoisotopic (exact) mass is 222 g/mol. The third-order valence-corrected chi connectivity index (χ3v) is 3.35. The van der Waals surface area contributed by atoms with E-state index in [1.807, 2.05) is 0 Å². The highest BCUT2D eigenvalue weighted by Gasteiger charge is 2.23. The molecule has 0 N–H and O–H groups in total. The highest BCUT2D eigenvalue weighted by Crippen LogP contribution is 2.32. The van der Waals surface area contributed by atoms with Gasteiger partial charge in [-0.2, -0.15) is 0 Å². The highest BCUT2D eigenvalue weighted by atomic mass is 31.1. The number of ether oxygens (including phenoxy) is 2. The summed E-state index contributed by atoms with van der Waals surface area (Å²) in [6.07, 6.45) is 1.51. The van der Waals surface area contributed by atoms with Gasteiger partial charge in [-0.3, -0.25) is 4.57 Å². The SMILES string of the molecule is O=[PH](OC1CCOC1)OC1CCOC1. The predicted octanol–water partition coefficient (Wildman–Crippen LogP) is 0.987. The second-order valence-electron chi connectivity index (χ2n) is 3.46. The summed E-state index contributed by atoms with van der Waals surface area (Å²) in [5.74, 6) is 0. The summed E-state index contributed by atoms with van der Waals surface area (Å²) >= 11 is 0. The van der Waals surface area contributed by atoms with E-state index in [1.54, 1.807) is 0 Å². The predicted molar refractivity (Wildman–Crippen MR) is 49.6 cm³/mol. The molecular weight excluding hydrogens is 207 g/mol. The molecule has 2 fully saturated rings. The lowest BCUT2D eigenvalue weighted by Crippen LogP contribution is -2.12. The number of hydrogen-bond donors (Lipinski definition) is 0. The van der Waals surface area contributed by atoms with Crippen LogP contribution in [0.2, 0.25) is 0 Å². The summed E-state index contributed by atoms with van der Waals surface area (Å²) in [5, 5.41) is 0. The maximum atomic E-state index is 11.4. The second-order valence-corrected chi connectivity index (χ2v) is 4.43. The van der Waals surface area contributed by atoms with Gasteiger partial charge in [0.15, 0.2) is 0 Å². The molecule has 2 aliphatic heterocycles. The van der Waals surface area contributed by atoms with Gasteiger partial charge in [0.05, 0.1) is 25.4 Å². The summed E-state index contributed by atoms with van der Waals surface area (Å²) in [4.78, 5) is 0. The molecule has 2 atom stereocenters. The van der Waals surface area contributed by atoms with E-state index in [2.05, 4.69) is 0 Å². The van der Waals surface area contributed by atoms with E-state index in [0.29, 0.717) is 26.4 Å². The van der Waals surface area contributed by atoms with Crippen LogP contribution in [-0.4, -0.2) is 38.6 Å². The van der Waals surface area contributed by atoms with Crippen molar-refractivity contribution in [3.05, 3.63) is 0 Å². The minimum Gasteiger partial charge on any atom is -0.379 e. The Morgan fingerprint density at radius 1 is 1.00 bits per heavy atom. The minimum atomic E-state index is -2.37. The molecule has 5 nitrogen and oxygen atoms in total. The Morgan fingerprint density at radius 3 is 1.86 bits per heavy atom. The molecule has 0 spiro atoms. The largest absolute Gasteiger partial charge is 0.379 e. The zero-order valence-electron chi connectivity index (χ0n) is 7.94. The Morgan fingerprint density at radius 2 is 1.50 bits per heavy atom. The van der Waals surface area contributed by atoms with Crippen molar-refractivity contribution in [1.29, 1.82) is 0 Å². The van der Waals surface area contributed by atoms with Crippen molar-refractivity contribution >= 4 is 8.25 Å². The standard InChI is InChI=1S/C8H15O5P/c9-14(12-7-1-3-10-5-7)13-8-2-4-11-6-8/h7-8,14H,1-6H2. The van der Waals surface area contributed by atoms with Gasteiger partial charge < -0.3 is 18.5 Å². The van der Waals surface area contributed by atoms with Crippen LogP contribution in [0.3, 0.4) is 0 Å². The molecule has 0 aromatic heterocycles. The average molecular weight is 222 g/mol. The molecule has 2 heterocycles. The lowest BCUT2D eigenvalue weighted by atomic mass is 10.3. The number of rotatable bonds is 4. The van der Waals surface area contributed by atoms with Crippen LogP contribution in [0.15, 0.2) is 0 Å². The van der Waals surface area contributed by atoms with Gasteiger partial charge in [-0.25, -0.2) is 0 Å². The molecule has 2 rings (SSSR count). The van der Waals surface area contributed by atoms with Gasteiger partial charge in [0.1, 0.15) is 0 Å². The molecule has 0 bridgehead atoms. The summed E-state index contributed by atoms with van der Waals surface area (Å²) in [5.41, 5.74) is 0. The van der Waals surface area contributed by atoms with E-state index in [4.69, 9.17) is 18.5 Å². The van der Waals surface area contributed by atoms with Crippen molar-refractivity contribution in [2.24, 2.45) is 0 Å². The normalized spacial score (nSPS) is 34.9. The molecule has 2 saturated heterocycles. The van der Waals surface area contributed by atoms with E-state index in [9.17, 15) is 4.57 Å². The second kappa shape index (κ2) is 5.24. The molecule has 0 aliphatic carbocycles. The topological polar surface area (TPSA) is 54.0 Å². The van der Waals surface area contributed by atoms with Crippen LogP contribution >= 0.6 is 8.25 Å².